The Kier molecular flexibility index (Phi) is 6.04. The van der Waals surface area contributed by atoms with Crippen molar-refractivity contribution in [3.05, 3.63) is 60.1 Å². The van der Waals surface area contributed by atoms with Gasteiger partial charge in [0.25, 0.3) is 0 Å². The first-order chi connectivity index (χ1) is 11.4. The highest BCUT2D eigenvalue weighted by atomic mass is 16.4. The fraction of sp³-hybridized carbons (Fsp3) is 0.421. The molecule has 0 aliphatic carbocycles. The van der Waals surface area contributed by atoms with Crippen LogP contribution >= 0.6 is 0 Å². The molecule has 2 rings (SSSR count). The van der Waals surface area contributed by atoms with Crippen molar-refractivity contribution in [2.45, 2.75) is 44.8 Å². The lowest BCUT2D eigenvalue weighted by atomic mass is 9.85. The second-order valence-corrected chi connectivity index (χ2v) is 6.74. The van der Waals surface area contributed by atoms with E-state index in [9.17, 15) is 9.90 Å². The van der Waals surface area contributed by atoms with Crippen LogP contribution in [0.5, 0.6) is 0 Å². The summed E-state index contributed by atoms with van der Waals surface area (Å²) in [5.41, 5.74) is 1.02. The number of rotatable bonds is 7. The van der Waals surface area contributed by atoms with Crippen molar-refractivity contribution in [3.8, 4) is 0 Å². The summed E-state index contributed by atoms with van der Waals surface area (Å²) in [6.07, 6.45) is 1.19. The normalized spacial score (nSPS) is 14.0. The molecule has 0 saturated heterocycles. The zero-order valence-electron chi connectivity index (χ0n) is 14.5. The van der Waals surface area contributed by atoms with Crippen molar-refractivity contribution in [3.63, 3.8) is 0 Å². The summed E-state index contributed by atoms with van der Waals surface area (Å²) in [6.45, 7) is 6.56. The molecule has 0 bridgehead atoms. The molecule has 5 nitrogen and oxygen atoms in total. The monoisotopic (exact) mass is 330 g/mol. The highest BCUT2D eigenvalue weighted by Crippen LogP contribution is 2.22. The average Bonchev–Trinajstić information content (AvgIpc) is 3.08. The van der Waals surface area contributed by atoms with E-state index in [0.29, 0.717) is 18.7 Å². The molecule has 0 aliphatic rings. The summed E-state index contributed by atoms with van der Waals surface area (Å²) in [7, 11) is 0. The molecule has 1 heterocycles. The quantitative estimate of drug-likeness (QED) is 0.728. The maximum Gasteiger partial charge on any atom is 0.315 e. The van der Waals surface area contributed by atoms with Crippen LogP contribution in [0, 0.1) is 0 Å². The molecule has 2 atom stereocenters. The van der Waals surface area contributed by atoms with Crippen molar-refractivity contribution in [2.24, 2.45) is 0 Å². The Morgan fingerprint density at radius 2 is 1.92 bits per heavy atom. The summed E-state index contributed by atoms with van der Waals surface area (Å²) in [6, 6.07) is 13.1. The van der Waals surface area contributed by atoms with Crippen LogP contribution in [0.3, 0.4) is 0 Å². The van der Waals surface area contributed by atoms with Crippen LogP contribution in [0.1, 0.15) is 44.6 Å². The third kappa shape index (κ3) is 5.13. The molecule has 0 saturated carbocycles. The summed E-state index contributed by atoms with van der Waals surface area (Å²) >= 11 is 0. The molecule has 0 aliphatic heterocycles. The van der Waals surface area contributed by atoms with Crippen LogP contribution in [0.2, 0.25) is 0 Å². The third-order valence-electron chi connectivity index (χ3n) is 4.07. The van der Waals surface area contributed by atoms with Gasteiger partial charge in [0.05, 0.1) is 6.26 Å². The van der Waals surface area contributed by atoms with Crippen LogP contribution in [-0.4, -0.2) is 23.7 Å². The van der Waals surface area contributed by atoms with Gasteiger partial charge < -0.3 is 20.2 Å². The Labute approximate surface area is 143 Å². The number of nitrogens with one attached hydrogen (secondary N) is 2. The van der Waals surface area contributed by atoms with Gasteiger partial charge in [0, 0.05) is 24.4 Å². The molecule has 1 aromatic heterocycles. The number of carbonyl (C=O) groups is 1. The summed E-state index contributed by atoms with van der Waals surface area (Å²) in [4.78, 5) is 12.1. The number of hydrogen-bond acceptors (Lipinski definition) is 3. The van der Waals surface area contributed by atoms with Crippen LogP contribution < -0.4 is 10.6 Å². The molecule has 0 radical (unpaired) electrons. The Bertz CT molecular complexity index is 623. The molecule has 1 aromatic carbocycles. The number of carbonyl (C=O) groups excluding carboxylic acids is 1. The van der Waals surface area contributed by atoms with E-state index in [1.54, 1.807) is 12.1 Å². The molecule has 2 amide bonds. The van der Waals surface area contributed by atoms with Crippen molar-refractivity contribution in [2.75, 3.05) is 6.54 Å². The topological polar surface area (TPSA) is 74.5 Å². The summed E-state index contributed by atoms with van der Waals surface area (Å²) in [5, 5.41) is 15.8. The minimum Gasteiger partial charge on any atom is -0.467 e. The highest BCUT2D eigenvalue weighted by Gasteiger charge is 2.22. The van der Waals surface area contributed by atoms with Crippen LogP contribution in [0.4, 0.5) is 4.79 Å². The van der Waals surface area contributed by atoms with Crippen molar-refractivity contribution >= 4 is 6.03 Å². The average molecular weight is 330 g/mol. The van der Waals surface area contributed by atoms with E-state index in [0.717, 1.165) is 0 Å². The summed E-state index contributed by atoms with van der Waals surface area (Å²) < 4.78 is 5.16. The van der Waals surface area contributed by atoms with E-state index >= 15 is 0 Å². The number of urea groups is 1. The van der Waals surface area contributed by atoms with E-state index in [4.69, 9.17) is 4.42 Å². The fourth-order valence-corrected chi connectivity index (χ4v) is 2.56. The molecule has 2 unspecified atom stereocenters. The second kappa shape index (κ2) is 8.02. The first kappa shape index (κ1) is 18.1. The van der Waals surface area contributed by atoms with Crippen molar-refractivity contribution in [1.82, 2.24) is 10.6 Å². The molecule has 0 spiro atoms. The van der Waals surface area contributed by atoms with Gasteiger partial charge >= 0.3 is 6.03 Å². The van der Waals surface area contributed by atoms with Crippen molar-refractivity contribution in [1.29, 1.82) is 0 Å². The Hall–Kier alpha value is -2.27. The number of aliphatic hydroxyl groups excluding tert-OH is 1. The van der Waals surface area contributed by atoms with Gasteiger partial charge in [-0.2, -0.15) is 0 Å². The standard InChI is InChI=1S/C19H26N2O3/c1-14(12-16(22)17-10-7-11-24-17)21-18(23)20-13-19(2,3)15-8-5-4-6-9-15/h4-11,14,16,22H,12-13H2,1-3H3,(H2,20,21,23). The van der Waals surface area contributed by atoms with Gasteiger partial charge in [-0.25, -0.2) is 4.79 Å². The van der Waals surface area contributed by atoms with E-state index in [1.807, 2.05) is 25.1 Å². The second-order valence-electron chi connectivity index (χ2n) is 6.74. The smallest absolute Gasteiger partial charge is 0.315 e. The SMILES string of the molecule is CC(CC(O)c1ccco1)NC(=O)NCC(C)(C)c1ccccc1. The minimum absolute atomic E-state index is 0.157. The first-order valence-corrected chi connectivity index (χ1v) is 8.20. The molecule has 0 fully saturated rings. The number of aliphatic hydroxyl groups is 1. The van der Waals surface area contributed by atoms with E-state index in [1.165, 1.54) is 11.8 Å². The molecule has 3 N–H and O–H groups in total. The fourth-order valence-electron chi connectivity index (χ4n) is 2.56. The van der Waals surface area contributed by atoms with Crippen molar-refractivity contribution < 1.29 is 14.3 Å². The van der Waals surface area contributed by atoms with E-state index in [-0.39, 0.29) is 17.5 Å². The van der Waals surface area contributed by atoms with Crippen LogP contribution in [0.15, 0.2) is 53.1 Å². The van der Waals surface area contributed by atoms with Crippen LogP contribution in [-0.2, 0) is 5.41 Å². The van der Waals surface area contributed by atoms with E-state index < -0.39 is 6.10 Å². The lowest BCUT2D eigenvalue weighted by molar-refractivity contribution is 0.129. The Balaban J connectivity index is 1.78. The number of amides is 2. The molecular formula is C19H26N2O3. The number of furan rings is 1. The van der Waals surface area contributed by atoms with Gasteiger partial charge in [-0.1, -0.05) is 44.2 Å². The van der Waals surface area contributed by atoms with Crippen LogP contribution in [0.25, 0.3) is 0 Å². The molecular weight excluding hydrogens is 304 g/mol. The first-order valence-electron chi connectivity index (χ1n) is 8.20. The maximum atomic E-state index is 12.1. The summed E-state index contributed by atoms with van der Waals surface area (Å²) in [5.74, 6) is 0.509. The predicted octanol–water partition coefficient (Wildman–Crippen LogP) is 3.37. The lowest BCUT2D eigenvalue weighted by Crippen LogP contribution is -2.45. The molecule has 2 aromatic rings. The maximum absolute atomic E-state index is 12.1. The molecule has 24 heavy (non-hydrogen) atoms. The van der Waals surface area contributed by atoms with Gasteiger partial charge in [0.15, 0.2) is 0 Å². The minimum atomic E-state index is -0.726. The highest BCUT2D eigenvalue weighted by molar-refractivity contribution is 5.74. The third-order valence-corrected chi connectivity index (χ3v) is 4.07. The van der Waals surface area contributed by atoms with Gasteiger partial charge in [0.2, 0.25) is 0 Å². The Morgan fingerprint density at radius 3 is 2.54 bits per heavy atom. The zero-order valence-corrected chi connectivity index (χ0v) is 14.5. The zero-order chi connectivity index (χ0) is 17.6. The number of benzene rings is 1. The van der Waals surface area contributed by atoms with E-state index in [2.05, 4.69) is 36.6 Å². The largest absolute Gasteiger partial charge is 0.467 e. The predicted molar refractivity (Wildman–Crippen MR) is 93.7 cm³/mol. The lowest BCUT2D eigenvalue weighted by Gasteiger charge is -2.26. The van der Waals surface area contributed by atoms with Gasteiger partial charge in [0.1, 0.15) is 11.9 Å². The Morgan fingerprint density at radius 1 is 1.21 bits per heavy atom. The molecule has 5 heteroatoms. The number of hydrogen-bond donors (Lipinski definition) is 3. The molecule has 130 valence electrons. The van der Waals surface area contributed by atoms with Gasteiger partial charge in [-0.3, -0.25) is 0 Å². The van der Waals surface area contributed by atoms with Gasteiger partial charge in [-0.05, 0) is 24.6 Å². The van der Waals surface area contributed by atoms with Gasteiger partial charge in [-0.15, -0.1) is 0 Å².